The first-order chi connectivity index (χ1) is 9.74. The Morgan fingerprint density at radius 1 is 1.25 bits per heavy atom. The van der Waals surface area contributed by atoms with Gasteiger partial charge in [0.25, 0.3) is 0 Å². The highest BCUT2D eigenvalue weighted by molar-refractivity contribution is 5.76. The molecule has 1 aromatic heterocycles. The number of carbonyl (C=O) groups excluding carboxylic acids is 1. The van der Waals surface area contributed by atoms with Crippen LogP contribution in [0.2, 0.25) is 0 Å². The maximum absolute atomic E-state index is 11.8. The van der Waals surface area contributed by atoms with E-state index >= 15 is 0 Å². The fraction of sp³-hybridized carbons (Fsp3) is 0.600. The van der Waals surface area contributed by atoms with Crippen molar-refractivity contribution in [3.05, 3.63) is 18.3 Å². The molecule has 20 heavy (non-hydrogen) atoms. The summed E-state index contributed by atoms with van der Waals surface area (Å²) in [5, 5.41) is 6.16. The summed E-state index contributed by atoms with van der Waals surface area (Å²) in [4.78, 5) is 15.8. The third-order valence-electron chi connectivity index (χ3n) is 3.76. The minimum absolute atomic E-state index is 0.175. The van der Waals surface area contributed by atoms with E-state index in [0.717, 1.165) is 5.69 Å². The highest BCUT2D eigenvalue weighted by atomic mass is 16.1. The summed E-state index contributed by atoms with van der Waals surface area (Å²) >= 11 is 0. The average molecular weight is 276 g/mol. The van der Waals surface area contributed by atoms with E-state index in [2.05, 4.69) is 15.6 Å². The van der Waals surface area contributed by atoms with Crippen molar-refractivity contribution in [2.45, 2.75) is 38.5 Å². The largest absolute Gasteiger partial charge is 0.384 e. The number of nitrogens with zero attached hydrogens (tertiary/aromatic N) is 1. The quantitative estimate of drug-likeness (QED) is 0.696. The number of nitrogens with one attached hydrogen (secondary N) is 2. The lowest BCUT2D eigenvalue weighted by atomic mass is 9.87. The van der Waals surface area contributed by atoms with Gasteiger partial charge in [0, 0.05) is 19.5 Å². The molecule has 5 heteroatoms. The molecule has 0 unspecified atom stereocenters. The van der Waals surface area contributed by atoms with E-state index in [1.54, 1.807) is 12.3 Å². The number of hydrogen-bond donors (Lipinski definition) is 3. The Bertz CT molecular complexity index is 412. The van der Waals surface area contributed by atoms with Crippen LogP contribution in [0.15, 0.2) is 18.3 Å². The predicted octanol–water partition coefficient (Wildman–Crippen LogP) is 2.16. The molecule has 0 saturated heterocycles. The second-order valence-electron chi connectivity index (χ2n) is 5.46. The average Bonchev–Trinajstić information content (AvgIpc) is 2.46. The van der Waals surface area contributed by atoms with Gasteiger partial charge < -0.3 is 16.4 Å². The molecule has 1 saturated carbocycles. The lowest BCUT2D eigenvalue weighted by molar-refractivity contribution is -0.122. The lowest BCUT2D eigenvalue weighted by Gasteiger charge is -2.20. The van der Waals surface area contributed by atoms with Gasteiger partial charge in [-0.3, -0.25) is 4.79 Å². The zero-order chi connectivity index (χ0) is 14.2. The highest BCUT2D eigenvalue weighted by Crippen LogP contribution is 2.25. The number of rotatable bonds is 6. The smallest absolute Gasteiger partial charge is 0.220 e. The number of amides is 1. The summed E-state index contributed by atoms with van der Waals surface area (Å²) in [5.74, 6) is 1.28. The summed E-state index contributed by atoms with van der Waals surface area (Å²) in [6, 6.07) is 3.64. The number of nitrogens with two attached hydrogens (primary N) is 1. The maximum atomic E-state index is 11.8. The molecule has 0 atom stereocenters. The van der Waals surface area contributed by atoms with E-state index in [9.17, 15) is 4.79 Å². The van der Waals surface area contributed by atoms with Crippen LogP contribution in [0.25, 0.3) is 0 Å². The third kappa shape index (κ3) is 5.07. The van der Waals surface area contributed by atoms with Crippen LogP contribution >= 0.6 is 0 Å². The van der Waals surface area contributed by atoms with Crippen molar-refractivity contribution < 1.29 is 4.79 Å². The normalized spacial score (nSPS) is 15.8. The fourth-order valence-electron chi connectivity index (χ4n) is 2.64. The molecule has 1 aliphatic carbocycles. The van der Waals surface area contributed by atoms with Gasteiger partial charge in [0.05, 0.1) is 11.9 Å². The molecule has 4 N–H and O–H groups in total. The molecule has 1 amide bonds. The van der Waals surface area contributed by atoms with Crippen molar-refractivity contribution in [3.63, 3.8) is 0 Å². The van der Waals surface area contributed by atoms with Gasteiger partial charge >= 0.3 is 0 Å². The van der Waals surface area contributed by atoms with Crippen LogP contribution in [-0.4, -0.2) is 24.0 Å². The molecule has 0 aromatic carbocycles. The number of anilines is 2. The van der Waals surface area contributed by atoms with E-state index in [4.69, 9.17) is 5.73 Å². The van der Waals surface area contributed by atoms with E-state index < -0.39 is 0 Å². The van der Waals surface area contributed by atoms with Crippen molar-refractivity contribution in [1.29, 1.82) is 0 Å². The fourth-order valence-corrected chi connectivity index (χ4v) is 2.64. The van der Waals surface area contributed by atoms with Crippen LogP contribution in [0.3, 0.4) is 0 Å². The van der Waals surface area contributed by atoms with E-state index in [1.165, 1.54) is 32.1 Å². The Balaban J connectivity index is 1.58. The van der Waals surface area contributed by atoms with Gasteiger partial charge in [-0.25, -0.2) is 4.98 Å². The highest BCUT2D eigenvalue weighted by Gasteiger charge is 2.16. The topological polar surface area (TPSA) is 80.0 Å². The van der Waals surface area contributed by atoms with Crippen molar-refractivity contribution >= 4 is 17.4 Å². The molecule has 2 rings (SSSR count). The van der Waals surface area contributed by atoms with Gasteiger partial charge in [-0.2, -0.15) is 0 Å². The standard InChI is InChI=1S/C15H24N4O/c16-14-7-6-13(11-19-14)17-8-9-18-15(20)10-12-4-2-1-3-5-12/h6-7,11-12,17H,1-5,8-10H2,(H2,16,19)(H,18,20). The van der Waals surface area contributed by atoms with Crippen LogP contribution in [0.5, 0.6) is 0 Å². The second-order valence-corrected chi connectivity index (χ2v) is 5.46. The lowest BCUT2D eigenvalue weighted by Crippen LogP contribution is -2.30. The Labute approximate surface area is 120 Å². The molecule has 1 heterocycles. The molecule has 1 aliphatic rings. The Morgan fingerprint density at radius 3 is 2.75 bits per heavy atom. The van der Waals surface area contributed by atoms with Gasteiger partial charge in [-0.1, -0.05) is 19.3 Å². The minimum atomic E-state index is 0.175. The summed E-state index contributed by atoms with van der Waals surface area (Å²) in [5.41, 5.74) is 6.43. The maximum Gasteiger partial charge on any atom is 0.220 e. The molecule has 1 aromatic rings. The third-order valence-corrected chi connectivity index (χ3v) is 3.76. The van der Waals surface area contributed by atoms with E-state index in [-0.39, 0.29) is 5.91 Å². The number of aromatic nitrogens is 1. The monoisotopic (exact) mass is 276 g/mol. The van der Waals surface area contributed by atoms with Crippen LogP contribution < -0.4 is 16.4 Å². The van der Waals surface area contributed by atoms with Gasteiger partial charge in [0.2, 0.25) is 5.91 Å². The molecule has 0 radical (unpaired) electrons. The molecule has 0 aliphatic heterocycles. The first-order valence-corrected chi connectivity index (χ1v) is 7.46. The number of hydrogen-bond acceptors (Lipinski definition) is 4. The van der Waals surface area contributed by atoms with Gasteiger partial charge in [-0.15, -0.1) is 0 Å². The molecule has 5 nitrogen and oxygen atoms in total. The SMILES string of the molecule is Nc1ccc(NCCNC(=O)CC2CCCCC2)cn1. The molecule has 1 fully saturated rings. The summed E-state index contributed by atoms with van der Waals surface area (Å²) in [7, 11) is 0. The van der Waals surface area contributed by atoms with Crippen molar-refractivity contribution in [2.75, 3.05) is 24.1 Å². The molecular formula is C15H24N4O. The van der Waals surface area contributed by atoms with Crippen molar-refractivity contribution in [1.82, 2.24) is 10.3 Å². The molecule has 0 bridgehead atoms. The van der Waals surface area contributed by atoms with E-state index in [1.807, 2.05) is 6.07 Å². The number of nitrogen functional groups attached to an aromatic ring is 1. The zero-order valence-corrected chi connectivity index (χ0v) is 11.9. The van der Waals surface area contributed by atoms with Crippen LogP contribution in [0, 0.1) is 5.92 Å². The first-order valence-electron chi connectivity index (χ1n) is 7.46. The molecule has 0 spiro atoms. The minimum Gasteiger partial charge on any atom is -0.384 e. The van der Waals surface area contributed by atoms with Gasteiger partial charge in [0.1, 0.15) is 5.82 Å². The molecular weight excluding hydrogens is 252 g/mol. The number of pyridine rings is 1. The Morgan fingerprint density at radius 2 is 2.05 bits per heavy atom. The van der Waals surface area contributed by atoms with Gasteiger partial charge in [-0.05, 0) is 30.9 Å². The van der Waals surface area contributed by atoms with E-state index in [0.29, 0.717) is 31.2 Å². The summed E-state index contributed by atoms with van der Waals surface area (Å²) in [6.07, 6.45) is 8.69. The van der Waals surface area contributed by atoms with Crippen LogP contribution in [-0.2, 0) is 4.79 Å². The van der Waals surface area contributed by atoms with Gasteiger partial charge in [0.15, 0.2) is 0 Å². The van der Waals surface area contributed by atoms with Crippen molar-refractivity contribution in [2.24, 2.45) is 5.92 Å². The number of carbonyl (C=O) groups is 1. The summed E-state index contributed by atoms with van der Waals surface area (Å²) in [6.45, 7) is 1.33. The van der Waals surface area contributed by atoms with Crippen LogP contribution in [0.4, 0.5) is 11.5 Å². The Kier molecular flexibility index (Phi) is 5.65. The first kappa shape index (κ1) is 14.6. The summed E-state index contributed by atoms with van der Waals surface area (Å²) < 4.78 is 0. The zero-order valence-electron chi connectivity index (χ0n) is 11.9. The van der Waals surface area contributed by atoms with Crippen molar-refractivity contribution in [3.8, 4) is 0 Å². The second kappa shape index (κ2) is 7.72. The predicted molar refractivity (Wildman–Crippen MR) is 81.3 cm³/mol. The Hall–Kier alpha value is -1.78. The molecule has 110 valence electrons. The van der Waals surface area contributed by atoms with Crippen LogP contribution in [0.1, 0.15) is 38.5 Å².